The van der Waals surface area contributed by atoms with Gasteiger partial charge in [-0.1, -0.05) is 53.5 Å². The molecule has 1 heterocycles. The predicted molar refractivity (Wildman–Crippen MR) is 94.5 cm³/mol. The Bertz CT molecular complexity index is 914. The van der Waals surface area contributed by atoms with Crippen LogP contribution in [0.3, 0.4) is 0 Å². The van der Waals surface area contributed by atoms with Gasteiger partial charge in [0, 0.05) is 0 Å². The standard InChI is InChI=1S/C16H13Cl2N5O/c17-13-7-6-12(8-14(13)18)22-10-20-15(21-16(22)24)23(19)9-11-4-2-1-3-5-11/h1-8,10H,9,19H2. The van der Waals surface area contributed by atoms with Gasteiger partial charge in [0.2, 0.25) is 5.95 Å². The zero-order valence-electron chi connectivity index (χ0n) is 12.4. The van der Waals surface area contributed by atoms with Crippen molar-refractivity contribution in [3.8, 4) is 5.69 Å². The zero-order valence-corrected chi connectivity index (χ0v) is 13.9. The molecule has 3 aromatic rings. The van der Waals surface area contributed by atoms with Crippen LogP contribution in [0.4, 0.5) is 5.95 Å². The van der Waals surface area contributed by atoms with E-state index in [2.05, 4.69) is 9.97 Å². The molecule has 2 N–H and O–H groups in total. The van der Waals surface area contributed by atoms with Crippen molar-refractivity contribution in [3.05, 3.63) is 81.0 Å². The van der Waals surface area contributed by atoms with Crippen molar-refractivity contribution in [2.24, 2.45) is 5.84 Å². The van der Waals surface area contributed by atoms with E-state index in [1.165, 1.54) is 15.9 Å². The summed E-state index contributed by atoms with van der Waals surface area (Å²) in [5.41, 5.74) is 0.992. The van der Waals surface area contributed by atoms with E-state index in [9.17, 15) is 4.79 Å². The van der Waals surface area contributed by atoms with Gasteiger partial charge in [-0.3, -0.25) is 9.58 Å². The molecule has 0 atom stereocenters. The molecule has 0 aliphatic rings. The molecule has 0 bridgehead atoms. The highest BCUT2D eigenvalue weighted by Crippen LogP contribution is 2.23. The van der Waals surface area contributed by atoms with Gasteiger partial charge >= 0.3 is 5.69 Å². The van der Waals surface area contributed by atoms with Crippen molar-refractivity contribution < 1.29 is 0 Å². The molecule has 0 saturated carbocycles. The highest BCUT2D eigenvalue weighted by molar-refractivity contribution is 6.42. The molecule has 24 heavy (non-hydrogen) atoms. The number of hydrogen-bond donors (Lipinski definition) is 1. The maximum atomic E-state index is 12.2. The lowest BCUT2D eigenvalue weighted by Crippen LogP contribution is -2.35. The molecule has 0 radical (unpaired) electrons. The van der Waals surface area contributed by atoms with Crippen molar-refractivity contribution >= 4 is 29.2 Å². The molecule has 0 unspecified atom stereocenters. The zero-order chi connectivity index (χ0) is 17.1. The SMILES string of the molecule is NN(Cc1ccccc1)c1ncn(-c2ccc(Cl)c(Cl)c2)c(=O)n1. The van der Waals surface area contributed by atoms with E-state index >= 15 is 0 Å². The lowest BCUT2D eigenvalue weighted by atomic mass is 10.2. The molecule has 0 aliphatic carbocycles. The summed E-state index contributed by atoms with van der Waals surface area (Å²) in [7, 11) is 0. The minimum absolute atomic E-state index is 0.139. The lowest BCUT2D eigenvalue weighted by Gasteiger charge is -2.16. The van der Waals surface area contributed by atoms with Crippen LogP contribution in [0.5, 0.6) is 0 Å². The predicted octanol–water partition coefficient (Wildman–Crippen LogP) is 2.81. The summed E-state index contributed by atoms with van der Waals surface area (Å²) in [4.78, 5) is 20.3. The van der Waals surface area contributed by atoms with Gasteiger partial charge in [-0.25, -0.2) is 15.6 Å². The number of hydrogen-bond acceptors (Lipinski definition) is 5. The molecule has 0 fully saturated rings. The van der Waals surface area contributed by atoms with Crippen molar-refractivity contribution in [3.63, 3.8) is 0 Å². The number of aromatic nitrogens is 3. The van der Waals surface area contributed by atoms with Crippen LogP contribution in [0.15, 0.2) is 59.7 Å². The van der Waals surface area contributed by atoms with Gasteiger partial charge < -0.3 is 0 Å². The summed E-state index contributed by atoms with van der Waals surface area (Å²) in [6.07, 6.45) is 1.36. The Morgan fingerprint density at radius 1 is 1.08 bits per heavy atom. The molecule has 6 nitrogen and oxygen atoms in total. The third-order valence-electron chi connectivity index (χ3n) is 3.32. The van der Waals surface area contributed by atoms with Gasteiger partial charge in [-0.15, -0.1) is 0 Å². The summed E-state index contributed by atoms with van der Waals surface area (Å²) in [6.45, 7) is 0.386. The number of rotatable bonds is 4. The van der Waals surface area contributed by atoms with Crippen LogP contribution in [0.2, 0.25) is 10.0 Å². The fraction of sp³-hybridized carbons (Fsp3) is 0.0625. The van der Waals surface area contributed by atoms with Gasteiger partial charge in [0.25, 0.3) is 0 Å². The maximum absolute atomic E-state index is 12.2. The number of benzene rings is 2. The fourth-order valence-corrected chi connectivity index (χ4v) is 2.42. The van der Waals surface area contributed by atoms with E-state index in [4.69, 9.17) is 29.0 Å². The third kappa shape index (κ3) is 3.56. The van der Waals surface area contributed by atoms with Gasteiger partial charge in [-0.2, -0.15) is 4.98 Å². The Hall–Kier alpha value is -2.41. The second-order valence-corrected chi connectivity index (χ2v) is 5.84. The van der Waals surface area contributed by atoms with E-state index in [1.807, 2.05) is 30.3 Å². The van der Waals surface area contributed by atoms with E-state index in [0.29, 0.717) is 22.3 Å². The molecule has 8 heteroatoms. The molecule has 1 aromatic heterocycles. The fourth-order valence-electron chi connectivity index (χ4n) is 2.13. The Morgan fingerprint density at radius 3 is 2.50 bits per heavy atom. The highest BCUT2D eigenvalue weighted by Gasteiger charge is 2.10. The van der Waals surface area contributed by atoms with Crippen LogP contribution < -0.4 is 16.5 Å². The van der Waals surface area contributed by atoms with E-state index < -0.39 is 5.69 Å². The van der Waals surface area contributed by atoms with Crippen molar-refractivity contribution in [1.82, 2.24) is 14.5 Å². The van der Waals surface area contributed by atoms with Crippen LogP contribution in [0.25, 0.3) is 5.69 Å². The Labute approximate surface area is 148 Å². The first-order valence-corrected chi connectivity index (χ1v) is 7.77. The Balaban J connectivity index is 1.86. The first-order valence-electron chi connectivity index (χ1n) is 7.02. The molecule has 0 amide bonds. The second kappa shape index (κ2) is 7.00. The van der Waals surface area contributed by atoms with Crippen molar-refractivity contribution in [2.45, 2.75) is 6.54 Å². The largest absolute Gasteiger partial charge is 0.356 e. The average Bonchev–Trinajstić information content (AvgIpc) is 2.58. The first kappa shape index (κ1) is 16.4. The number of nitrogens with two attached hydrogens (primary N) is 1. The molecule has 2 aromatic carbocycles. The normalized spacial score (nSPS) is 10.6. The topological polar surface area (TPSA) is 77.0 Å². The third-order valence-corrected chi connectivity index (χ3v) is 4.06. The monoisotopic (exact) mass is 361 g/mol. The van der Waals surface area contributed by atoms with Gasteiger partial charge in [0.05, 0.1) is 22.3 Å². The van der Waals surface area contributed by atoms with Gasteiger partial charge in [-0.05, 0) is 23.8 Å². The molecule has 122 valence electrons. The summed E-state index contributed by atoms with van der Waals surface area (Å²) in [6, 6.07) is 14.4. The molecular formula is C16H13Cl2N5O. The quantitative estimate of drug-likeness (QED) is 0.571. The van der Waals surface area contributed by atoms with E-state index in [1.54, 1.807) is 18.2 Å². The number of nitrogens with zero attached hydrogens (tertiary/aromatic N) is 4. The second-order valence-electron chi connectivity index (χ2n) is 5.02. The van der Waals surface area contributed by atoms with Crippen molar-refractivity contribution in [2.75, 3.05) is 5.01 Å². The van der Waals surface area contributed by atoms with Crippen molar-refractivity contribution in [1.29, 1.82) is 0 Å². The minimum Gasteiger partial charge on any atom is -0.274 e. The molecule has 0 saturated heterocycles. The Kier molecular flexibility index (Phi) is 4.80. The molecule has 0 aliphatic heterocycles. The Morgan fingerprint density at radius 2 is 1.83 bits per heavy atom. The highest BCUT2D eigenvalue weighted by atomic mass is 35.5. The van der Waals surface area contributed by atoms with Crippen LogP contribution in [-0.4, -0.2) is 14.5 Å². The number of halogens is 2. The minimum atomic E-state index is -0.512. The van der Waals surface area contributed by atoms with Crippen LogP contribution in [0, 0.1) is 0 Å². The van der Waals surface area contributed by atoms with Gasteiger partial charge in [0.1, 0.15) is 6.33 Å². The molecule has 0 spiro atoms. The first-order chi connectivity index (χ1) is 11.5. The summed E-state index contributed by atoms with van der Waals surface area (Å²) >= 11 is 11.8. The van der Waals surface area contributed by atoms with Crippen LogP contribution >= 0.6 is 23.2 Å². The van der Waals surface area contributed by atoms with Crippen LogP contribution in [-0.2, 0) is 6.54 Å². The summed E-state index contributed by atoms with van der Waals surface area (Å²) < 4.78 is 1.27. The van der Waals surface area contributed by atoms with E-state index in [0.717, 1.165) is 5.56 Å². The number of anilines is 1. The smallest absolute Gasteiger partial charge is 0.274 e. The average molecular weight is 362 g/mol. The number of hydrazine groups is 1. The lowest BCUT2D eigenvalue weighted by molar-refractivity contribution is 0.764. The van der Waals surface area contributed by atoms with Crippen LogP contribution in [0.1, 0.15) is 5.56 Å². The molecule has 3 rings (SSSR count). The van der Waals surface area contributed by atoms with E-state index in [-0.39, 0.29) is 5.95 Å². The summed E-state index contributed by atoms with van der Waals surface area (Å²) in [5.74, 6) is 6.09. The van der Waals surface area contributed by atoms with Gasteiger partial charge in [0.15, 0.2) is 0 Å². The summed E-state index contributed by atoms with van der Waals surface area (Å²) in [5, 5.41) is 2.06. The molecular weight excluding hydrogens is 349 g/mol. The maximum Gasteiger partial charge on any atom is 0.356 e.